The van der Waals surface area contributed by atoms with Gasteiger partial charge in [0.1, 0.15) is 17.5 Å². The van der Waals surface area contributed by atoms with Gasteiger partial charge >= 0.3 is 0 Å². The molecule has 0 saturated heterocycles. The Hall–Kier alpha value is -1.74. The molecule has 0 aliphatic heterocycles. The van der Waals surface area contributed by atoms with E-state index in [4.69, 9.17) is 11.6 Å². The van der Waals surface area contributed by atoms with E-state index in [1.165, 1.54) is 6.07 Å². The summed E-state index contributed by atoms with van der Waals surface area (Å²) in [6, 6.07) is 7.65. The van der Waals surface area contributed by atoms with Gasteiger partial charge in [0.05, 0.1) is 5.02 Å². The summed E-state index contributed by atoms with van der Waals surface area (Å²) in [5.41, 5.74) is 2.46. The lowest BCUT2D eigenvalue weighted by Gasteiger charge is -2.47. The van der Waals surface area contributed by atoms with E-state index < -0.39 is 17.5 Å². The van der Waals surface area contributed by atoms with Crippen molar-refractivity contribution in [3.05, 3.63) is 81.6 Å². The Morgan fingerprint density at radius 3 is 2.62 bits per heavy atom. The quantitative estimate of drug-likeness (QED) is 0.442. The second kappa shape index (κ2) is 8.55. The summed E-state index contributed by atoms with van der Waals surface area (Å²) >= 11 is 5.93. The average Bonchev–Trinajstić information content (AvgIpc) is 2.69. The molecule has 0 unspecified atom stereocenters. The summed E-state index contributed by atoms with van der Waals surface area (Å²) in [5, 5.41) is 0.129. The first kappa shape index (κ1) is 20.5. The summed E-state index contributed by atoms with van der Waals surface area (Å²) < 4.78 is 42.7. The molecule has 2 aromatic carbocycles. The monoisotopic (exact) mass is 418 g/mol. The van der Waals surface area contributed by atoms with E-state index in [9.17, 15) is 13.2 Å². The molecule has 154 valence electrons. The summed E-state index contributed by atoms with van der Waals surface area (Å²) in [5.74, 6) is -0.363. The molecule has 0 aromatic heterocycles. The smallest absolute Gasteiger partial charge is 0.142 e. The van der Waals surface area contributed by atoms with Crippen molar-refractivity contribution in [3.63, 3.8) is 0 Å². The third-order valence-electron chi connectivity index (χ3n) is 6.92. The van der Waals surface area contributed by atoms with Gasteiger partial charge in [0.2, 0.25) is 0 Å². The number of halogens is 4. The maximum atomic E-state index is 14.4. The molecule has 2 aromatic rings. The van der Waals surface area contributed by atoms with Crippen molar-refractivity contribution in [2.45, 2.75) is 57.3 Å². The second-order valence-electron chi connectivity index (χ2n) is 8.45. The Morgan fingerprint density at radius 2 is 1.86 bits per heavy atom. The fraction of sp³-hybridized carbons (Fsp3) is 0.440. The fourth-order valence-electron chi connectivity index (χ4n) is 5.72. The predicted octanol–water partition coefficient (Wildman–Crippen LogP) is 7.95. The second-order valence-corrected chi connectivity index (χ2v) is 8.85. The molecule has 0 amide bonds. The molecular weight excluding hydrogens is 393 g/mol. The number of rotatable bonds is 4. The highest BCUT2D eigenvalue weighted by molar-refractivity contribution is 6.30. The minimum absolute atomic E-state index is 0.116. The van der Waals surface area contributed by atoms with Crippen LogP contribution in [0, 0.1) is 29.3 Å². The minimum Gasteiger partial charge on any atom is -0.207 e. The largest absolute Gasteiger partial charge is 0.207 e. The predicted molar refractivity (Wildman–Crippen MR) is 112 cm³/mol. The molecular formula is C25H26ClF3. The lowest BCUT2D eigenvalue weighted by Crippen LogP contribution is -2.35. The first-order valence-corrected chi connectivity index (χ1v) is 10.9. The SMILES string of the molecule is C/C=C/CC[C@@H]1CC[C@H]2c3cc(F)cc(F)c3CC[C@@H]2[C@H]1c1ccc(Cl)c(F)c1. The molecule has 29 heavy (non-hydrogen) atoms. The fourth-order valence-corrected chi connectivity index (χ4v) is 5.84. The number of hydrogen-bond donors (Lipinski definition) is 0. The van der Waals surface area contributed by atoms with E-state index in [1.807, 2.05) is 13.0 Å². The molecule has 0 N–H and O–H groups in total. The maximum Gasteiger partial charge on any atom is 0.142 e. The van der Waals surface area contributed by atoms with Crippen molar-refractivity contribution in [3.8, 4) is 0 Å². The molecule has 0 radical (unpaired) electrons. The number of allylic oxidation sites excluding steroid dienone is 2. The van der Waals surface area contributed by atoms with Crippen LogP contribution in [0.1, 0.15) is 67.6 Å². The number of hydrogen-bond acceptors (Lipinski definition) is 0. The Bertz CT molecular complexity index is 921. The van der Waals surface area contributed by atoms with Gasteiger partial charge in [0, 0.05) is 6.07 Å². The average molecular weight is 419 g/mol. The van der Waals surface area contributed by atoms with Crippen LogP contribution in [0.15, 0.2) is 42.5 Å². The van der Waals surface area contributed by atoms with E-state index in [1.54, 1.807) is 12.1 Å². The van der Waals surface area contributed by atoms with Gasteiger partial charge in [0.15, 0.2) is 0 Å². The van der Waals surface area contributed by atoms with Crippen LogP contribution in [-0.4, -0.2) is 0 Å². The van der Waals surface area contributed by atoms with Gasteiger partial charge in [-0.3, -0.25) is 0 Å². The molecule has 4 atom stereocenters. The number of benzene rings is 2. The third kappa shape index (κ3) is 3.99. The zero-order valence-corrected chi connectivity index (χ0v) is 17.4. The van der Waals surface area contributed by atoms with Gasteiger partial charge in [-0.15, -0.1) is 0 Å². The molecule has 1 saturated carbocycles. The van der Waals surface area contributed by atoms with E-state index in [0.29, 0.717) is 17.9 Å². The molecule has 0 bridgehead atoms. The molecule has 0 nitrogen and oxygen atoms in total. The molecule has 4 heteroatoms. The van der Waals surface area contributed by atoms with Crippen molar-refractivity contribution in [2.75, 3.05) is 0 Å². The molecule has 4 rings (SSSR count). The van der Waals surface area contributed by atoms with Crippen LogP contribution in [0.3, 0.4) is 0 Å². The number of fused-ring (bicyclic) bond motifs is 3. The van der Waals surface area contributed by atoms with Crippen LogP contribution in [-0.2, 0) is 6.42 Å². The molecule has 0 spiro atoms. The van der Waals surface area contributed by atoms with Gasteiger partial charge in [-0.25, -0.2) is 13.2 Å². The van der Waals surface area contributed by atoms with Crippen LogP contribution in [0.5, 0.6) is 0 Å². The summed E-state index contributed by atoms with van der Waals surface area (Å²) in [6.07, 6.45) is 9.61. The van der Waals surface area contributed by atoms with Crippen molar-refractivity contribution in [1.82, 2.24) is 0 Å². The van der Waals surface area contributed by atoms with E-state index in [2.05, 4.69) is 12.2 Å². The minimum atomic E-state index is -0.508. The standard InChI is InChI=1S/C25H26ClF3/c1-2-3-4-5-15-6-8-18-20(25(15)16-7-11-22(26)24(29)12-16)10-9-19-21(18)13-17(27)14-23(19)28/h2-3,7,11-15,18,20,25H,4-6,8-10H2,1H3/b3-2+/t15-,18-,20+,25-/m1/s1. The Morgan fingerprint density at radius 1 is 1.03 bits per heavy atom. The molecule has 2 aliphatic carbocycles. The highest BCUT2D eigenvalue weighted by Crippen LogP contribution is 2.55. The lowest BCUT2D eigenvalue weighted by molar-refractivity contribution is 0.161. The third-order valence-corrected chi connectivity index (χ3v) is 7.23. The summed E-state index contributed by atoms with van der Waals surface area (Å²) in [4.78, 5) is 0. The highest BCUT2D eigenvalue weighted by Gasteiger charge is 2.43. The lowest BCUT2D eigenvalue weighted by atomic mass is 9.57. The molecule has 1 fully saturated rings. The topological polar surface area (TPSA) is 0 Å². The van der Waals surface area contributed by atoms with Crippen LogP contribution in [0.2, 0.25) is 5.02 Å². The van der Waals surface area contributed by atoms with E-state index in [-0.39, 0.29) is 22.8 Å². The van der Waals surface area contributed by atoms with Gasteiger partial charge in [-0.1, -0.05) is 29.8 Å². The Labute approximate surface area is 175 Å². The first-order valence-electron chi connectivity index (χ1n) is 10.5. The summed E-state index contributed by atoms with van der Waals surface area (Å²) in [7, 11) is 0. The van der Waals surface area contributed by atoms with Crippen molar-refractivity contribution in [1.29, 1.82) is 0 Å². The Balaban J connectivity index is 1.73. The normalized spacial score (nSPS) is 26.4. The zero-order chi connectivity index (χ0) is 20.5. The van der Waals surface area contributed by atoms with E-state index in [0.717, 1.165) is 49.3 Å². The van der Waals surface area contributed by atoms with Gasteiger partial charge in [0.25, 0.3) is 0 Å². The van der Waals surface area contributed by atoms with Gasteiger partial charge in [-0.05, 0) is 104 Å². The van der Waals surface area contributed by atoms with Crippen LogP contribution in [0.4, 0.5) is 13.2 Å². The van der Waals surface area contributed by atoms with Crippen LogP contribution >= 0.6 is 11.6 Å². The van der Waals surface area contributed by atoms with E-state index >= 15 is 0 Å². The van der Waals surface area contributed by atoms with Crippen molar-refractivity contribution in [2.24, 2.45) is 11.8 Å². The van der Waals surface area contributed by atoms with Crippen LogP contribution in [0.25, 0.3) is 0 Å². The van der Waals surface area contributed by atoms with Crippen molar-refractivity contribution < 1.29 is 13.2 Å². The highest BCUT2D eigenvalue weighted by atomic mass is 35.5. The summed E-state index contributed by atoms with van der Waals surface area (Å²) in [6.45, 7) is 2.02. The molecule has 0 heterocycles. The first-order chi connectivity index (χ1) is 14.0. The van der Waals surface area contributed by atoms with Crippen molar-refractivity contribution >= 4 is 11.6 Å². The van der Waals surface area contributed by atoms with Gasteiger partial charge < -0.3 is 0 Å². The van der Waals surface area contributed by atoms with Gasteiger partial charge in [-0.2, -0.15) is 0 Å². The van der Waals surface area contributed by atoms with Crippen LogP contribution < -0.4 is 0 Å². The maximum absolute atomic E-state index is 14.4. The Kier molecular flexibility index (Phi) is 6.06. The molecule has 2 aliphatic rings. The zero-order valence-electron chi connectivity index (χ0n) is 16.6.